The molecule has 1 aromatic rings. The largest absolute Gasteiger partial charge is 0.391 e. The Morgan fingerprint density at radius 3 is 2.58 bits per heavy atom. The molecular weight excluding hydrogens is 262 g/mol. The standard InChI is InChI=1S/C15H22ClNO2/c1-10-7-11(5-6-13(10)16)14(19)17-9-12(18)8-15(2,3)4/h5-7,12,18H,8-9H2,1-4H3,(H,17,19). The zero-order valence-electron chi connectivity index (χ0n) is 12.0. The van der Waals surface area contributed by atoms with Crippen molar-refractivity contribution in [1.82, 2.24) is 5.32 Å². The lowest BCUT2D eigenvalue weighted by Crippen LogP contribution is -2.34. The van der Waals surface area contributed by atoms with Crippen molar-refractivity contribution in [2.45, 2.75) is 40.2 Å². The third kappa shape index (κ3) is 5.62. The maximum absolute atomic E-state index is 11.9. The van der Waals surface area contributed by atoms with Crippen molar-refractivity contribution in [1.29, 1.82) is 0 Å². The molecule has 0 saturated carbocycles. The van der Waals surface area contributed by atoms with Gasteiger partial charge in [-0.25, -0.2) is 0 Å². The van der Waals surface area contributed by atoms with Gasteiger partial charge < -0.3 is 10.4 Å². The van der Waals surface area contributed by atoms with Gasteiger partial charge in [0.05, 0.1) is 6.10 Å². The molecule has 0 aliphatic heterocycles. The summed E-state index contributed by atoms with van der Waals surface area (Å²) in [5, 5.41) is 13.2. The van der Waals surface area contributed by atoms with Gasteiger partial charge in [-0.1, -0.05) is 32.4 Å². The molecule has 0 aliphatic carbocycles. The van der Waals surface area contributed by atoms with Crippen LogP contribution >= 0.6 is 11.6 Å². The summed E-state index contributed by atoms with van der Waals surface area (Å²) in [7, 11) is 0. The highest BCUT2D eigenvalue weighted by molar-refractivity contribution is 6.31. The van der Waals surface area contributed by atoms with Crippen molar-refractivity contribution in [3.05, 3.63) is 34.3 Å². The molecule has 4 heteroatoms. The number of aliphatic hydroxyl groups is 1. The van der Waals surface area contributed by atoms with Crippen molar-refractivity contribution in [2.75, 3.05) is 6.54 Å². The second-order valence-corrected chi connectivity index (χ2v) is 6.50. The Bertz CT molecular complexity index is 452. The molecule has 2 N–H and O–H groups in total. The predicted molar refractivity (Wildman–Crippen MR) is 78.6 cm³/mol. The van der Waals surface area contributed by atoms with Crippen LogP contribution in [0.25, 0.3) is 0 Å². The maximum Gasteiger partial charge on any atom is 0.251 e. The van der Waals surface area contributed by atoms with E-state index in [0.29, 0.717) is 17.0 Å². The zero-order chi connectivity index (χ0) is 14.6. The van der Waals surface area contributed by atoms with Crippen LogP contribution in [0, 0.1) is 12.3 Å². The summed E-state index contributed by atoms with van der Waals surface area (Å²) >= 11 is 5.91. The number of halogens is 1. The van der Waals surface area contributed by atoms with Gasteiger partial charge in [-0.05, 0) is 42.5 Å². The number of aliphatic hydroxyl groups excluding tert-OH is 1. The maximum atomic E-state index is 11.9. The smallest absolute Gasteiger partial charge is 0.251 e. The molecule has 0 bridgehead atoms. The monoisotopic (exact) mass is 283 g/mol. The molecule has 106 valence electrons. The van der Waals surface area contributed by atoms with E-state index in [4.69, 9.17) is 11.6 Å². The molecule has 0 aliphatic rings. The Morgan fingerprint density at radius 2 is 2.05 bits per heavy atom. The zero-order valence-corrected chi connectivity index (χ0v) is 12.7. The minimum absolute atomic E-state index is 0.0427. The number of hydrogen-bond acceptors (Lipinski definition) is 2. The number of hydrogen-bond donors (Lipinski definition) is 2. The van der Waals surface area contributed by atoms with Crippen LogP contribution in [0.3, 0.4) is 0 Å². The van der Waals surface area contributed by atoms with Gasteiger partial charge in [0.1, 0.15) is 0 Å². The van der Waals surface area contributed by atoms with E-state index in [2.05, 4.69) is 26.1 Å². The second kappa shape index (κ2) is 6.40. The summed E-state index contributed by atoms with van der Waals surface area (Å²) in [5.74, 6) is -0.187. The normalized spacial score (nSPS) is 13.2. The minimum Gasteiger partial charge on any atom is -0.391 e. The first-order valence-corrected chi connectivity index (χ1v) is 6.79. The van der Waals surface area contributed by atoms with Crippen LogP contribution in [0.2, 0.25) is 5.02 Å². The molecular formula is C15H22ClNO2. The molecule has 1 rings (SSSR count). The van der Waals surface area contributed by atoms with Crippen molar-refractivity contribution >= 4 is 17.5 Å². The van der Waals surface area contributed by atoms with Crippen molar-refractivity contribution in [3.8, 4) is 0 Å². The summed E-state index contributed by atoms with van der Waals surface area (Å²) in [6.07, 6.45) is 0.116. The van der Waals surface area contributed by atoms with E-state index in [1.807, 2.05) is 6.92 Å². The highest BCUT2D eigenvalue weighted by Crippen LogP contribution is 2.20. The van der Waals surface area contributed by atoms with Gasteiger partial charge in [0.2, 0.25) is 0 Å². The highest BCUT2D eigenvalue weighted by Gasteiger charge is 2.17. The molecule has 0 radical (unpaired) electrons. The van der Waals surface area contributed by atoms with Crippen LogP contribution in [0.1, 0.15) is 43.1 Å². The van der Waals surface area contributed by atoms with E-state index < -0.39 is 6.10 Å². The summed E-state index contributed by atoms with van der Waals surface area (Å²) < 4.78 is 0. The summed E-state index contributed by atoms with van der Waals surface area (Å²) in [5.41, 5.74) is 1.47. The lowest BCUT2D eigenvalue weighted by molar-refractivity contribution is 0.0868. The summed E-state index contributed by atoms with van der Waals surface area (Å²) in [4.78, 5) is 11.9. The summed E-state index contributed by atoms with van der Waals surface area (Å²) in [6, 6.07) is 5.13. The Balaban J connectivity index is 2.53. The van der Waals surface area contributed by atoms with E-state index in [0.717, 1.165) is 5.56 Å². The van der Waals surface area contributed by atoms with Crippen molar-refractivity contribution < 1.29 is 9.90 Å². The van der Waals surface area contributed by atoms with Gasteiger partial charge >= 0.3 is 0 Å². The van der Waals surface area contributed by atoms with E-state index in [1.165, 1.54) is 0 Å². The van der Waals surface area contributed by atoms with Crippen LogP contribution in [0.15, 0.2) is 18.2 Å². The number of carbonyl (C=O) groups is 1. The van der Waals surface area contributed by atoms with E-state index >= 15 is 0 Å². The van der Waals surface area contributed by atoms with E-state index in [1.54, 1.807) is 18.2 Å². The number of amides is 1. The SMILES string of the molecule is Cc1cc(C(=O)NCC(O)CC(C)(C)C)ccc1Cl. The molecule has 1 aromatic carbocycles. The lowest BCUT2D eigenvalue weighted by atomic mass is 9.89. The quantitative estimate of drug-likeness (QED) is 0.892. The highest BCUT2D eigenvalue weighted by atomic mass is 35.5. The molecule has 1 amide bonds. The molecule has 19 heavy (non-hydrogen) atoms. The van der Waals surface area contributed by atoms with Crippen molar-refractivity contribution in [3.63, 3.8) is 0 Å². The number of benzene rings is 1. The first-order chi connectivity index (χ1) is 8.69. The fraction of sp³-hybridized carbons (Fsp3) is 0.533. The topological polar surface area (TPSA) is 49.3 Å². The third-order valence-electron chi connectivity index (χ3n) is 2.77. The van der Waals surface area contributed by atoms with Crippen molar-refractivity contribution in [2.24, 2.45) is 5.41 Å². The Morgan fingerprint density at radius 1 is 1.42 bits per heavy atom. The first-order valence-electron chi connectivity index (χ1n) is 6.41. The Kier molecular flexibility index (Phi) is 5.39. The molecule has 3 nitrogen and oxygen atoms in total. The number of nitrogens with one attached hydrogen (secondary N) is 1. The van der Waals surface area contributed by atoms with Gasteiger partial charge in [-0.2, -0.15) is 0 Å². The fourth-order valence-electron chi connectivity index (χ4n) is 1.88. The third-order valence-corrected chi connectivity index (χ3v) is 3.19. The molecule has 1 atom stereocenters. The Hall–Kier alpha value is -1.06. The number of rotatable bonds is 4. The van der Waals surface area contributed by atoms with Crippen LogP contribution in [0.4, 0.5) is 0 Å². The average molecular weight is 284 g/mol. The lowest BCUT2D eigenvalue weighted by Gasteiger charge is -2.22. The molecule has 0 fully saturated rings. The second-order valence-electron chi connectivity index (χ2n) is 6.09. The molecule has 0 heterocycles. The average Bonchev–Trinajstić information content (AvgIpc) is 2.27. The Labute approximate surface area is 120 Å². The summed E-state index contributed by atoms with van der Waals surface area (Å²) in [6.45, 7) is 8.28. The molecule has 0 spiro atoms. The minimum atomic E-state index is -0.530. The van der Waals surface area contributed by atoms with Gasteiger partial charge in [0.15, 0.2) is 0 Å². The number of carbonyl (C=O) groups excluding carboxylic acids is 1. The molecule has 0 aromatic heterocycles. The molecule has 1 unspecified atom stereocenters. The van der Waals surface area contributed by atoms with Gasteiger partial charge in [0.25, 0.3) is 5.91 Å². The van der Waals surface area contributed by atoms with Gasteiger partial charge in [0, 0.05) is 17.1 Å². The van der Waals surface area contributed by atoms with Crippen LogP contribution in [0.5, 0.6) is 0 Å². The van der Waals surface area contributed by atoms with E-state index in [-0.39, 0.29) is 17.9 Å². The first kappa shape index (κ1) is 16.0. The van der Waals surface area contributed by atoms with Crippen LogP contribution in [-0.2, 0) is 0 Å². The molecule has 0 saturated heterocycles. The fourth-order valence-corrected chi connectivity index (χ4v) is 2.00. The van der Waals surface area contributed by atoms with E-state index in [9.17, 15) is 9.90 Å². The number of aryl methyl sites for hydroxylation is 1. The van der Waals surface area contributed by atoms with Gasteiger partial charge in [-0.3, -0.25) is 4.79 Å². The van der Waals surface area contributed by atoms with Crippen LogP contribution in [-0.4, -0.2) is 23.7 Å². The predicted octanol–water partition coefficient (Wildman–Crippen LogP) is 3.18. The van der Waals surface area contributed by atoms with Gasteiger partial charge in [-0.15, -0.1) is 0 Å². The van der Waals surface area contributed by atoms with Crippen LogP contribution < -0.4 is 5.32 Å².